The van der Waals surface area contributed by atoms with Crippen LogP contribution in [-0.4, -0.2) is 16.5 Å². The molecule has 1 N–H and O–H groups in total. The van der Waals surface area contributed by atoms with E-state index in [0.29, 0.717) is 0 Å². The number of aryl methyl sites for hydroxylation is 1. The van der Waals surface area contributed by atoms with Crippen molar-refractivity contribution >= 4 is 22.0 Å². The van der Waals surface area contributed by atoms with Gasteiger partial charge in [0.1, 0.15) is 16.5 Å². The first-order chi connectivity index (χ1) is 11.0. The summed E-state index contributed by atoms with van der Waals surface area (Å²) >= 11 is 0. The van der Waals surface area contributed by atoms with Crippen LogP contribution in [0, 0.1) is 6.92 Å². The molecule has 0 aromatic heterocycles. The Hall–Kier alpha value is -1.43. The van der Waals surface area contributed by atoms with Crippen molar-refractivity contribution in [3.63, 3.8) is 0 Å². The largest absolute Gasteiger partial charge is 0.360 e. The third-order valence-corrected chi connectivity index (χ3v) is 9.24. The van der Waals surface area contributed by atoms with Gasteiger partial charge in [0.15, 0.2) is 0 Å². The lowest BCUT2D eigenvalue weighted by Gasteiger charge is -2.28. The molecule has 0 saturated heterocycles. The van der Waals surface area contributed by atoms with E-state index in [0.717, 1.165) is 5.57 Å². The molecule has 2 rings (SSSR count). The van der Waals surface area contributed by atoms with Crippen molar-refractivity contribution < 1.29 is 0 Å². The van der Waals surface area contributed by atoms with E-state index in [1.165, 1.54) is 16.7 Å². The molecule has 24 heavy (non-hydrogen) atoms. The lowest BCUT2D eigenvalue weighted by Crippen LogP contribution is -2.55. The zero-order chi connectivity index (χ0) is 18.4. The van der Waals surface area contributed by atoms with Crippen molar-refractivity contribution in [1.82, 2.24) is 4.65 Å². The van der Waals surface area contributed by atoms with E-state index in [1.54, 1.807) is 0 Å². The lowest BCUT2D eigenvalue weighted by molar-refractivity contribution is 1.30. The Morgan fingerprint density at radius 1 is 0.750 bits per heavy atom. The van der Waals surface area contributed by atoms with Gasteiger partial charge in [-0.05, 0) is 23.6 Å². The van der Waals surface area contributed by atoms with Crippen LogP contribution in [0.2, 0.25) is 39.3 Å². The van der Waals surface area contributed by atoms with E-state index in [2.05, 4.69) is 93.8 Å². The average Bonchev–Trinajstić information content (AvgIpc) is 2.44. The summed E-state index contributed by atoms with van der Waals surface area (Å²) in [5.41, 5.74) is 4.73. The van der Waals surface area contributed by atoms with Crippen LogP contribution in [0.25, 0.3) is 5.57 Å². The smallest absolute Gasteiger partial charge is 0.109 e. The highest BCUT2D eigenvalue weighted by Crippen LogP contribution is 2.21. The van der Waals surface area contributed by atoms with Crippen molar-refractivity contribution in [2.45, 2.75) is 46.2 Å². The van der Waals surface area contributed by atoms with Crippen LogP contribution in [0.1, 0.15) is 16.7 Å². The fourth-order valence-corrected chi connectivity index (χ4v) is 11.8. The third kappa shape index (κ3) is 8.43. The molecule has 0 heterocycles. The van der Waals surface area contributed by atoms with Crippen LogP contribution in [0.3, 0.4) is 0 Å². The maximum absolute atomic E-state index is 4.14. The van der Waals surface area contributed by atoms with E-state index in [9.17, 15) is 0 Å². The van der Waals surface area contributed by atoms with E-state index in [1.807, 2.05) is 18.2 Å². The Balaban J connectivity index is 0.000000277. The lowest BCUT2D eigenvalue weighted by atomic mass is 9.98. The Morgan fingerprint density at radius 2 is 1.25 bits per heavy atom. The number of hydrogen-bond acceptors (Lipinski definition) is 1. The summed E-state index contributed by atoms with van der Waals surface area (Å²) in [7, 11) is -1.96. The summed E-state index contributed by atoms with van der Waals surface area (Å²) in [6.07, 6.45) is 0. The molecule has 0 spiro atoms. The third-order valence-electron chi connectivity index (χ3n) is 3.24. The number of hydrogen-bond donors (Lipinski definition) is 1. The van der Waals surface area contributed by atoms with Gasteiger partial charge in [0.05, 0.1) is 0 Å². The molecule has 0 saturated carbocycles. The van der Waals surface area contributed by atoms with Crippen LogP contribution in [0.4, 0.5) is 0 Å². The van der Waals surface area contributed by atoms with E-state index in [4.69, 9.17) is 0 Å². The zero-order valence-electron chi connectivity index (χ0n) is 16.4. The summed E-state index contributed by atoms with van der Waals surface area (Å²) in [5.74, 6) is 0. The molecule has 0 fully saturated rings. The number of benzene rings is 2. The topological polar surface area (TPSA) is 12.0 Å². The van der Waals surface area contributed by atoms with Crippen molar-refractivity contribution in [1.29, 1.82) is 0 Å². The maximum Gasteiger partial charge on any atom is 0.109 e. The second-order valence-electron chi connectivity index (χ2n) is 8.34. The Bertz CT molecular complexity index is 638. The highest BCUT2D eigenvalue weighted by Gasteiger charge is 2.22. The van der Waals surface area contributed by atoms with Gasteiger partial charge in [-0.1, -0.05) is 106 Å². The molecule has 130 valence electrons. The summed E-state index contributed by atoms with van der Waals surface area (Å²) in [5, 5.41) is 0. The second-order valence-corrected chi connectivity index (χ2v) is 18.3. The molecule has 0 bridgehead atoms. The predicted octanol–water partition coefficient (Wildman–Crippen LogP) is 6.30. The molecule has 2 aromatic rings. The minimum atomic E-state index is -0.981. The van der Waals surface area contributed by atoms with Crippen LogP contribution in [0.15, 0.2) is 61.2 Å². The van der Waals surface area contributed by atoms with Crippen molar-refractivity contribution in [2.24, 2.45) is 0 Å². The molecule has 0 aliphatic carbocycles. The molecule has 0 unspecified atom stereocenters. The highest BCUT2D eigenvalue weighted by molar-refractivity contribution is 6.90. The van der Waals surface area contributed by atoms with Crippen LogP contribution < -0.4 is 4.65 Å². The predicted molar refractivity (Wildman–Crippen MR) is 116 cm³/mol. The first kappa shape index (κ1) is 20.6. The van der Waals surface area contributed by atoms with Gasteiger partial charge in [0, 0.05) is 0 Å². The van der Waals surface area contributed by atoms with Gasteiger partial charge in [0.2, 0.25) is 0 Å². The van der Waals surface area contributed by atoms with Gasteiger partial charge in [-0.25, -0.2) is 0 Å². The number of nitrogens with one attached hydrogen (secondary N) is 1. The highest BCUT2D eigenvalue weighted by atomic mass is 28.4. The van der Waals surface area contributed by atoms with Gasteiger partial charge in [-0.15, -0.1) is 0 Å². The first-order valence-electron chi connectivity index (χ1n) is 8.59. The molecule has 1 nitrogen and oxygen atoms in total. The van der Waals surface area contributed by atoms with Crippen LogP contribution in [-0.2, 0) is 0 Å². The molecule has 2 aromatic carbocycles. The van der Waals surface area contributed by atoms with Gasteiger partial charge >= 0.3 is 0 Å². The van der Waals surface area contributed by atoms with Crippen molar-refractivity contribution in [2.75, 3.05) is 0 Å². The van der Waals surface area contributed by atoms with Crippen LogP contribution >= 0.6 is 0 Å². The average molecular weight is 356 g/mol. The van der Waals surface area contributed by atoms with Crippen molar-refractivity contribution in [3.05, 3.63) is 77.9 Å². The summed E-state index contributed by atoms with van der Waals surface area (Å²) in [6.45, 7) is 20.3. The second kappa shape index (κ2) is 8.61. The minimum absolute atomic E-state index is 0.981. The quantitative estimate of drug-likeness (QED) is 0.634. The molecule has 0 aliphatic rings. The maximum atomic E-state index is 4.14. The molecular weight excluding hydrogens is 322 g/mol. The fraction of sp³-hybridized carbons (Fsp3) is 0.333. The zero-order valence-corrected chi connectivity index (χ0v) is 18.4. The van der Waals surface area contributed by atoms with E-state index in [-0.39, 0.29) is 0 Å². The summed E-state index contributed by atoms with van der Waals surface area (Å²) in [6, 6.07) is 18.7. The van der Waals surface area contributed by atoms with Gasteiger partial charge in [0.25, 0.3) is 0 Å². The van der Waals surface area contributed by atoms with Crippen LogP contribution in [0.5, 0.6) is 0 Å². The monoisotopic (exact) mass is 355 g/mol. The van der Waals surface area contributed by atoms with E-state index < -0.39 is 16.5 Å². The first-order valence-corrected chi connectivity index (χ1v) is 15.6. The molecular formula is C21H33NSi2. The normalized spacial score (nSPS) is 11.5. The standard InChI is InChI=1S/C15H14.C6H19NSi2/c1-12-7-6-10-15(11-12)13(2)14-8-4-3-5-9-14;1-8(2,3)7-9(4,5)6/h3-11H,2H2,1H3;7H,1-6H3. The summed E-state index contributed by atoms with van der Waals surface area (Å²) < 4.78 is 3.74. The molecule has 3 heteroatoms. The molecule has 0 aliphatic heterocycles. The Kier molecular flexibility index (Phi) is 7.39. The Morgan fingerprint density at radius 3 is 1.67 bits per heavy atom. The van der Waals surface area contributed by atoms with Crippen molar-refractivity contribution in [3.8, 4) is 0 Å². The summed E-state index contributed by atoms with van der Waals surface area (Å²) in [4.78, 5) is 0. The SMILES string of the molecule is C=C(c1ccccc1)c1cccc(C)c1.C[Si](C)(C)N[Si](C)(C)C. The van der Waals surface area contributed by atoms with Gasteiger partial charge in [-0.2, -0.15) is 0 Å². The van der Waals surface area contributed by atoms with Gasteiger partial charge < -0.3 is 4.65 Å². The molecule has 0 atom stereocenters. The minimum Gasteiger partial charge on any atom is -0.360 e. The Labute approximate surface area is 151 Å². The van der Waals surface area contributed by atoms with E-state index >= 15 is 0 Å². The molecule has 0 radical (unpaired) electrons. The van der Waals surface area contributed by atoms with Gasteiger partial charge in [-0.3, -0.25) is 0 Å². The number of rotatable bonds is 4. The fourth-order valence-electron chi connectivity index (χ4n) is 2.76. The molecule has 0 amide bonds.